The fourth-order valence-corrected chi connectivity index (χ4v) is 3.60. The molecule has 21 heavy (non-hydrogen) atoms. The number of β-amino-alcohol motifs (C(OH)–C–C–N with tert-alkyl or cyclic N) is 1. The summed E-state index contributed by atoms with van der Waals surface area (Å²) in [6, 6.07) is 0.553. The number of piperazine rings is 1. The molecule has 2 aliphatic rings. The van der Waals surface area contributed by atoms with Crippen molar-refractivity contribution in [2.45, 2.75) is 50.9 Å². The van der Waals surface area contributed by atoms with Crippen LogP contribution in [-0.4, -0.2) is 84.2 Å². The molecule has 2 fully saturated rings. The summed E-state index contributed by atoms with van der Waals surface area (Å²) in [5.74, 6) is 0.620. The minimum Gasteiger partial charge on any atom is -0.392 e. The van der Waals surface area contributed by atoms with Crippen LogP contribution in [0.25, 0.3) is 0 Å². The molecule has 5 heteroatoms. The largest absolute Gasteiger partial charge is 0.392 e. The summed E-state index contributed by atoms with van der Waals surface area (Å²) in [6.45, 7) is 9.44. The average Bonchev–Trinajstić information content (AvgIpc) is 2.40. The first-order valence-corrected chi connectivity index (χ1v) is 8.30. The number of likely N-dealkylation sites (N-methyl/N-ethyl adjacent to an activating group) is 1. The van der Waals surface area contributed by atoms with E-state index in [1.54, 1.807) is 0 Å². The summed E-state index contributed by atoms with van der Waals surface area (Å²) in [5, 5.41) is 20.8. The average molecular weight is 300 g/mol. The van der Waals surface area contributed by atoms with Crippen molar-refractivity contribution in [3.63, 3.8) is 0 Å². The van der Waals surface area contributed by atoms with Crippen LogP contribution < -0.4 is 0 Å². The number of nitrogens with zero attached hydrogens (tertiary/aromatic N) is 2. The van der Waals surface area contributed by atoms with Crippen LogP contribution in [0, 0.1) is 5.92 Å². The predicted octanol–water partition coefficient (Wildman–Crippen LogP) is 0.551. The molecule has 2 heterocycles. The van der Waals surface area contributed by atoms with Gasteiger partial charge in [0.25, 0.3) is 0 Å². The topological polar surface area (TPSA) is 56.2 Å². The molecule has 0 amide bonds. The lowest BCUT2D eigenvalue weighted by Crippen LogP contribution is -2.55. The standard InChI is InChI=1S/C16H32N2O3/c1-13(2)15-12-18(7-6-17(15)3)11-14(19)10-16(20)4-8-21-9-5-16/h13-15,19-20H,4-12H2,1-3H3. The van der Waals surface area contributed by atoms with Gasteiger partial charge in [0.2, 0.25) is 0 Å². The van der Waals surface area contributed by atoms with Crippen molar-refractivity contribution < 1.29 is 14.9 Å². The summed E-state index contributed by atoms with van der Waals surface area (Å²) in [7, 11) is 2.18. The molecule has 0 radical (unpaired) electrons. The highest BCUT2D eigenvalue weighted by Crippen LogP contribution is 2.26. The Morgan fingerprint density at radius 3 is 2.52 bits per heavy atom. The number of hydrogen-bond donors (Lipinski definition) is 2. The lowest BCUT2D eigenvalue weighted by molar-refractivity contribution is -0.0911. The molecule has 0 spiro atoms. The zero-order chi connectivity index (χ0) is 15.5. The van der Waals surface area contributed by atoms with Crippen molar-refractivity contribution in [3.05, 3.63) is 0 Å². The summed E-state index contributed by atoms with van der Waals surface area (Å²) in [4.78, 5) is 4.76. The van der Waals surface area contributed by atoms with E-state index in [9.17, 15) is 10.2 Å². The Morgan fingerprint density at radius 2 is 1.90 bits per heavy atom. The van der Waals surface area contributed by atoms with E-state index in [0.29, 0.717) is 51.0 Å². The maximum Gasteiger partial charge on any atom is 0.0716 e. The Kier molecular flexibility index (Phi) is 6.03. The molecule has 2 rings (SSSR count). The van der Waals surface area contributed by atoms with Crippen LogP contribution in [-0.2, 0) is 4.74 Å². The van der Waals surface area contributed by atoms with Crippen molar-refractivity contribution in [1.29, 1.82) is 0 Å². The quantitative estimate of drug-likeness (QED) is 0.777. The van der Waals surface area contributed by atoms with Crippen LogP contribution >= 0.6 is 0 Å². The van der Waals surface area contributed by atoms with Gasteiger partial charge in [-0.2, -0.15) is 0 Å². The van der Waals surface area contributed by atoms with Gasteiger partial charge >= 0.3 is 0 Å². The number of rotatable bonds is 5. The van der Waals surface area contributed by atoms with E-state index in [4.69, 9.17) is 4.74 Å². The molecule has 0 saturated carbocycles. The summed E-state index contributed by atoms with van der Waals surface area (Å²) in [5.41, 5.74) is -0.734. The highest BCUT2D eigenvalue weighted by molar-refractivity contribution is 4.87. The molecule has 2 N–H and O–H groups in total. The molecule has 2 aliphatic heterocycles. The van der Waals surface area contributed by atoms with Crippen LogP contribution in [0.4, 0.5) is 0 Å². The molecule has 2 atom stereocenters. The Hall–Kier alpha value is -0.200. The summed E-state index contributed by atoms with van der Waals surface area (Å²) in [6.07, 6.45) is 1.29. The number of aliphatic hydroxyl groups is 2. The van der Waals surface area contributed by atoms with E-state index < -0.39 is 11.7 Å². The molecule has 0 aromatic rings. The van der Waals surface area contributed by atoms with Gasteiger partial charge in [0.15, 0.2) is 0 Å². The fraction of sp³-hybridized carbons (Fsp3) is 1.00. The van der Waals surface area contributed by atoms with Gasteiger partial charge in [-0.15, -0.1) is 0 Å². The van der Waals surface area contributed by atoms with Crippen LogP contribution in [0.15, 0.2) is 0 Å². The highest BCUT2D eigenvalue weighted by atomic mass is 16.5. The molecule has 2 unspecified atom stereocenters. The van der Waals surface area contributed by atoms with E-state index in [2.05, 4.69) is 30.7 Å². The van der Waals surface area contributed by atoms with Crippen molar-refractivity contribution in [2.24, 2.45) is 5.92 Å². The van der Waals surface area contributed by atoms with Crippen LogP contribution in [0.3, 0.4) is 0 Å². The Bertz CT molecular complexity index is 319. The fourth-order valence-electron chi connectivity index (χ4n) is 3.60. The van der Waals surface area contributed by atoms with Crippen molar-refractivity contribution in [2.75, 3.05) is 46.4 Å². The molecule has 124 valence electrons. The lowest BCUT2D eigenvalue weighted by Gasteiger charge is -2.42. The third-order valence-electron chi connectivity index (χ3n) is 5.06. The van der Waals surface area contributed by atoms with Crippen LogP contribution in [0.1, 0.15) is 33.1 Å². The third-order valence-corrected chi connectivity index (χ3v) is 5.06. The van der Waals surface area contributed by atoms with Gasteiger partial charge in [0, 0.05) is 51.9 Å². The second-order valence-corrected chi connectivity index (χ2v) is 7.25. The van der Waals surface area contributed by atoms with Crippen molar-refractivity contribution in [3.8, 4) is 0 Å². The first-order chi connectivity index (χ1) is 9.89. The molecular weight excluding hydrogens is 268 g/mol. The molecule has 5 nitrogen and oxygen atoms in total. The third kappa shape index (κ3) is 4.89. The van der Waals surface area contributed by atoms with E-state index in [1.807, 2.05) is 0 Å². The zero-order valence-corrected chi connectivity index (χ0v) is 13.8. The SMILES string of the molecule is CC(C)C1CN(CC(O)CC2(O)CCOCC2)CCN1C. The molecule has 0 aromatic carbocycles. The first-order valence-electron chi connectivity index (χ1n) is 8.30. The second-order valence-electron chi connectivity index (χ2n) is 7.25. The van der Waals surface area contributed by atoms with E-state index in [1.165, 1.54) is 0 Å². The Balaban J connectivity index is 1.80. The molecule has 0 aromatic heterocycles. The van der Waals surface area contributed by atoms with Gasteiger partial charge in [-0.1, -0.05) is 13.8 Å². The highest BCUT2D eigenvalue weighted by Gasteiger charge is 2.34. The number of hydrogen-bond acceptors (Lipinski definition) is 5. The van der Waals surface area contributed by atoms with Gasteiger partial charge in [0.05, 0.1) is 11.7 Å². The van der Waals surface area contributed by atoms with Crippen LogP contribution in [0.5, 0.6) is 0 Å². The Labute approximate surface area is 128 Å². The van der Waals surface area contributed by atoms with E-state index >= 15 is 0 Å². The smallest absolute Gasteiger partial charge is 0.0716 e. The Morgan fingerprint density at radius 1 is 1.24 bits per heavy atom. The summed E-state index contributed by atoms with van der Waals surface area (Å²) >= 11 is 0. The maximum absolute atomic E-state index is 10.5. The first kappa shape index (κ1) is 17.2. The molecule has 0 bridgehead atoms. The van der Waals surface area contributed by atoms with Crippen molar-refractivity contribution in [1.82, 2.24) is 9.80 Å². The van der Waals surface area contributed by atoms with Crippen LogP contribution in [0.2, 0.25) is 0 Å². The van der Waals surface area contributed by atoms with Crippen molar-refractivity contribution >= 4 is 0 Å². The minimum absolute atomic E-state index is 0.454. The molecule has 2 saturated heterocycles. The lowest BCUT2D eigenvalue weighted by atomic mass is 9.88. The second kappa shape index (κ2) is 7.38. The van der Waals surface area contributed by atoms with Gasteiger partial charge in [0.1, 0.15) is 0 Å². The number of aliphatic hydroxyl groups excluding tert-OH is 1. The number of ether oxygens (including phenoxy) is 1. The molecular formula is C16H32N2O3. The van der Waals surface area contributed by atoms with E-state index in [0.717, 1.165) is 19.6 Å². The minimum atomic E-state index is -0.734. The van der Waals surface area contributed by atoms with Gasteiger partial charge in [-0.3, -0.25) is 4.90 Å². The van der Waals surface area contributed by atoms with Gasteiger partial charge in [-0.25, -0.2) is 0 Å². The van der Waals surface area contributed by atoms with E-state index in [-0.39, 0.29) is 0 Å². The summed E-state index contributed by atoms with van der Waals surface area (Å²) < 4.78 is 5.29. The normalized spacial score (nSPS) is 29.7. The monoisotopic (exact) mass is 300 g/mol. The maximum atomic E-state index is 10.5. The van der Waals surface area contributed by atoms with Gasteiger partial charge in [-0.05, 0) is 25.8 Å². The predicted molar refractivity (Wildman–Crippen MR) is 83.3 cm³/mol. The molecule has 0 aliphatic carbocycles. The van der Waals surface area contributed by atoms with Gasteiger partial charge < -0.3 is 19.8 Å². The zero-order valence-electron chi connectivity index (χ0n) is 13.8.